The molecule has 0 unspecified atom stereocenters. The molecule has 2 aromatic rings. The second-order valence-electron chi connectivity index (χ2n) is 6.58. The Labute approximate surface area is 167 Å². The van der Waals surface area contributed by atoms with Gasteiger partial charge >= 0.3 is 0 Å². The van der Waals surface area contributed by atoms with E-state index < -0.39 is 33.4 Å². The van der Waals surface area contributed by atoms with Crippen LogP contribution in [0.2, 0.25) is 0 Å². The highest BCUT2D eigenvalue weighted by Crippen LogP contribution is 2.18. The fourth-order valence-corrected chi connectivity index (χ4v) is 4.47. The summed E-state index contributed by atoms with van der Waals surface area (Å²) in [6, 6.07) is 7.43. The predicted octanol–water partition coefficient (Wildman–Crippen LogP) is 1.84. The Balaban J connectivity index is 1.47. The lowest BCUT2D eigenvalue weighted by molar-refractivity contribution is 0.0941. The van der Waals surface area contributed by atoms with E-state index in [4.69, 9.17) is 0 Å². The summed E-state index contributed by atoms with van der Waals surface area (Å²) in [7, 11) is -3.68. The summed E-state index contributed by atoms with van der Waals surface area (Å²) in [4.78, 5) is 14.0. The molecule has 1 aliphatic rings. The Morgan fingerprint density at radius 2 is 1.55 bits per heavy atom. The summed E-state index contributed by atoms with van der Waals surface area (Å²) in [5.74, 6) is -2.83. The minimum Gasteiger partial charge on any atom is -0.351 e. The Bertz CT molecular complexity index is 976. The summed E-state index contributed by atoms with van der Waals surface area (Å²) in [6.07, 6.45) is 0. The second kappa shape index (κ2) is 8.93. The van der Waals surface area contributed by atoms with Crippen LogP contribution in [0.5, 0.6) is 0 Å². The monoisotopic (exact) mass is 427 g/mol. The molecular weight excluding hydrogens is 407 g/mol. The standard InChI is InChI=1S/C19H20F3N3O3S/c20-14-1-4-16(5-2-14)29(27,28)25-11-9-24(10-12-25)8-7-23-19(26)17-6-3-15(21)13-18(17)22/h1-6,13H,7-12H2,(H,23,26). The van der Waals surface area contributed by atoms with Crippen LogP contribution in [0.15, 0.2) is 47.4 Å². The fourth-order valence-electron chi connectivity index (χ4n) is 3.05. The van der Waals surface area contributed by atoms with Crippen molar-refractivity contribution in [1.29, 1.82) is 0 Å². The molecule has 0 bridgehead atoms. The molecule has 1 N–H and O–H groups in total. The third kappa shape index (κ3) is 5.14. The Kier molecular flexibility index (Phi) is 6.56. The SMILES string of the molecule is O=C(NCCN1CCN(S(=O)(=O)c2ccc(F)cc2)CC1)c1ccc(F)cc1F. The summed E-state index contributed by atoms with van der Waals surface area (Å²) in [5.41, 5.74) is -0.235. The number of hydrogen-bond donors (Lipinski definition) is 1. The molecule has 29 heavy (non-hydrogen) atoms. The van der Waals surface area contributed by atoms with E-state index in [9.17, 15) is 26.4 Å². The molecule has 10 heteroatoms. The predicted molar refractivity (Wildman–Crippen MR) is 100 cm³/mol. The van der Waals surface area contributed by atoms with E-state index in [0.717, 1.165) is 24.3 Å². The van der Waals surface area contributed by atoms with E-state index in [1.165, 1.54) is 16.4 Å². The van der Waals surface area contributed by atoms with Gasteiger partial charge in [-0.15, -0.1) is 0 Å². The molecule has 1 saturated heterocycles. The number of hydrogen-bond acceptors (Lipinski definition) is 4. The molecule has 0 radical (unpaired) electrons. The van der Waals surface area contributed by atoms with Crippen molar-refractivity contribution in [1.82, 2.24) is 14.5 Å². The Morgan fingerprint density at radius 3 is 2.17 bits per heavy atom. The normalized spacial score (nSPS) is 16.0. The lowest BCUT2D eigenvalue weighted by atomic mass is 10.2. The van der Waals surface area contributed by atoms with E-state index in [0.29, 0.717) is 25.7 Å². The molecular formula is C19H20F3N3O3S. The highest BCUT2D eigenvalue weighted by Gasteiger charge is 2.28. The molecule has 1 aliphatic heterocycles. The molecule has 3 rings (SSSR count). The molecule has 1 fully saturated rings. The van der Waals surface area contributed by atoms with Gasteiger partial charge in [0, 0.05) is 45.3 Å². The summed E-state index contributed by atoms with van der Waals surface area (Å²) in [5, 5.41) is 2.57. The smallest absolute Gasteiger partial charge is 0.254 e. The van der Waals surface area contributed by atoms with Crippen LogP contribution in [0.4, 0.5) is 13.2 Å². The molecule has 2 aromatic carbocycles. The minimum atomic E-state index is -3.68. The van der Waals surface area contributed by atoms with Gasteiger partial charge in [-0.05, 0) is 36.4 Å². The van der Waals surface area contributed by atoms with Crippen molar-refractivity contribution in [2.24, 2.45) is 0 Å². The summed E-state index contributed by atoms with van der Waals surface area (Å²) >= 11 is 0. The van der Waals surface area contributed by atoms with Gasteiger partial charge in [-0.25, -0.2) is 21.6 Å². The minimum absolute atomic E-state index is 0.0425. The molecule has 6 nitrogen and oxygen atoms in total. The van der Waals surface area contributed by atoms with E-state index in [1.54, 1.807) is 0 Å². The van der Waals surface area contributed by atoms with Crippen LogP contribution in [0, 0.1) is 17.5 Å². The van der Waals surface area contributed by atoms with Crippen LogP contribution >= 0.6 is 0 Å². The first-order chi connectivity index (χ1) is 13.8. The molecule has 0 atom stereocenters. The van der Waals surface area contributed by atoms with Crippen LogP contribution in [-0.2, 0) is 10.0 Å². The van der Waals surface area contributed by atoms with E-state index >= 15 is 0 Å². The maximum Gasteiger partial charge on any atom is 0.254 e. The fraction of sp³-hybridized carbons (Fsp3) is 0.316. The number of benzene rings is 2. The van der Waals surface area contributed by atoms with Crippen LogP contribution in [0.25, 0.3) is 0 Å². The first kappa shape index (κ1) is 21.3. The number of carbonyl (C=O) groups excluding carboxylic acids is 1. The van der Waals surface area contributed by atoms with Gasteiger partial charge in [0.1, 0.15) is 17.5 Å². The Hall–Kier alpha value is -2.43. The van der Waals surface area contributed by atoms with Gasteiger partial charge in [0.25, 0.3) is 5.91 Å². The topological polar surface area (TPSA) is 69.7 Å². The van der Waals surface area contributed by atoms with E-state index in [-0.39, 0.29) is 30.1 Å². The second-order valence-corrected chi connectivity index (χ2v) is 8.52. The number of amides is 1. The average molecular weight is 427 g/mol. The third-order valence-electron chi connectivity index (χ3n) is 4.67. The van der Waals surface area contributed by atoms with E-state index in [2.05, 4.69) is 5.32 Å². The zero-order chi connectivity index (χ0) is 21.0. The number of rotatable bonds is 6. The lowest BCUT2D eigenvalue weighted by Crippen LogP contribution is -2.50. The number of nitrogens with one attached hydrogen (secondary N) is 1. The average Bonchev–Trinajstić information content (AvgIpc) is 2.68. The van der Waals surface area contributed by atoms with Gasteiger partial charge in [0.05, 0.1) is 10.5 Å². The van der Waals surface area contributed by atoms with Crippen molar-refractivity contribution in [3.63, 3.8) is 0 Å². The van der Waals surface area contributed by atoms with Gasteiger partial charge in [-0.2, -0.15) is 4.31 Å². The molecule has 1 heterocycles. The molecule has 0 aliphatic carbocycles. The van der Waals surface area contributed by atoms with Crippen molar-refractivity contribution in [2.45, 2.75) is 4.90 Å². The van der Waals surface area contributed by atoms with Gasteiger partial charge in [0.2, 0.25) is 10.0 Å². The van der Waals surface area contributed by atoms with Crippen molar-refractivity contribution in [3.8, 4) is 0 Å². The number of sulfonamides is 1. The Morgan fingerprint density at radius 1 is 0.931 bits per heavy atom. The maximum atomic E-state index is 13.6. The number of halogens is 3. The van der Waals surface area contributed by atoms with Crippen LogP contribution in [0.1, 0.15) is 10.4 Å². The van der Waals surface area contributed by atoms with Crippen molar-refractivity contribution < 1.29 is 26.4 Å². The van der Waals surface area contributed by atoms with Gasteiger partial charge in [-0.3, -0.25) is 9.69 Å². The molecule has 0 spiro atoms. The van der Waals surface area contributed by atoms with Gasteiger partial charge in [-0.1, -0.05) is 0 Å². The number of piperazine rings is 1. The molecule has 0 aromatic heterocycles. The molecule has 156 valence electrons. The van der Waals surface area contributed by atoms with E-state index in [1.807, 2.05) is 4.90 Å². The lowest BCUT2D eigenvalue weighted by Gasteiger charge is -2.33. The molecule has 0 saturated carbocycles. The number of nitrogens with zero attached hydrogens (tertiary/aromatic N) is 2. The zero-order valence-electron chi connectivity index (χ0n) is 15.4. The quantitative estimate of drug-likeness (QED) is 0.764. The summed E-state index contributed by atoms with van der Waals surface area (Å²) < 4.78 is 66.0. The summed E-state index contributed by atoms with van der Waals surface area (Å²) in [6.45, 7) is 2.14. The third-order valence-corrected chi connectivity index (χ3v) is 6.58. The van der Waals surface area contributed by atoms with Gasteiger partial charge < -0.3 is 5.32 Å². The maximum absolute atomic E-state index is 13.6. The van der Waals surface area contributed by atoms with Crippen molar-refractivity contribution in [3.05, 3.63) is 65.5 Å². The first-order valence-corrected chi connectivity index (χ1v) is 10.4. The van der Waals surface area contributed by atoms with Crippen LogP contribution in [0.3, 0.4) is 0 Å². The first-order valence-electron chi connectivity index (χ1n) is 8.99. The van der Waals surface area contributed by atoms with Crippen molar-refractivity contribution in [2.75, 3.05) is 39.3 Å². The largest absolute Gasteiger partial charge is 0.351 e. The highest BCUT2D eigenvalue weighted by atomic mass is 32.2. The van der Waals surface area contributed by atoms with Crippen LogP contribution < -0.4 is 5.32 Å². The van der Waals surface area contributed by atoms with Gasteiger partial charge in [0.15, 0.2) is 0 Å². The molecule has 1 amide bonds. The number of carbonyl (C=O) groups is 1. The van der Waals surface area contributed by atoms with Crippen LogP contribution in [-0.4, -0.2) is 62.8 Å². The van der Waals surface area contributed by atoms with Crippen molar-refractivity contribution >= 4 is 15.9 Å². The zero-order valence-corrected chi connectivity index (χ0v) is 16.3. The highest BCUT2D eigenvalue weighted by molar-refractivity contribution is 7.89.